The van der Waals surface area contributed by atoms with Crippen LogP contribution in [0.15, 0.2) is 0 Å². The van der Waals surface area contributed by atoms with Crippen LogP contribution in [0, 0.1) is 10.1 Å². The van der Waals surface area contributed by atoms with Crippen LogP contribution in [0.4, 0.5) is 11.5 Å². The summed E-state index contributed by atoms with van der Waals surface area (Å²) in [6.07, 6.45) is 2.48. The highest BCUT2D eigenvalue weighted by atomic mass is 16.6. The Morgan fingerprint density at radius 3 is 2.63 bits per heavy atom. The van der Waals surface area contributed by atoms with Crippen LogP contribution in [0.2, 0.25) is 0 Å². The molecule has 19 heavy (non-hydrogen) atoms. The zero-order chi connectivity index (χ0) is 14.2. The van der Waals surface area contributed by atoms with Gasteiger partial charge in [0.25, 0.3) is 0 Å². The van der Waals surface area contributed by atoms with E-state index in [-0.39, 0.29) is 11.6 Å². The van der Waals surface area contributed by atoms with Gasteiger partial charge in [0, 0.05) is 19.5 Å². The molecule has 7 nitrogen and oxygen atoms in total. The fraction of sp³-hybridized carbons (Fsp3) is 0.750. The molecule has 0 aliphatic heterocycles. The van der Waals surface area contributed by atoms with Crippen LogP contribution < -0.4 is 5.32 Å². The van der Waals surface area contributed by atoms with Gasteiger partial charge in [-0.25, -0.2) is 4.68 Å². The van der Waals surface area contributed by atoms with Crippen molar-refractivity contribution in [2.24, 2.45) is 7.05 Å². The van der Waals surface area contributed by atoms with E-state index in [2.05, 4.69) is 10.4 Å². The average molecular weight is 268 g/mol. The molecule has 0 spiro atoms. The fourth-order valence-corrected chi connectivity index (χ4v) is 2.31. The number of aliphatic hydroxyl groups is 1. The number of nitrogens with zero attached hydrogens (tertiary/aromatic N) is 3. The molecule has 1 fully saturated rings. The third-order valence-corrected chi connectivity index (χ3v) is 3.65. The summed E-state index contributed by atoms with van der Waals surface area (Å²) in [6, 6.07) is 0. The number of anilines is 1. The minimum Gasteiger partial charge on any atom is -0.388 e. The van der Waals surface area contributed by atoms with Crippen molar-refractivity contribution in [3.05, 3.63) is 15.8 Å². The number of nitro groups is 1. The van der Waals surface area contributed by atoms with Gasteiger partial charge in [-0.1, -0.05) is 13.8 Å². The molecule has 7 heteroatoms. The third kappa shape index (κ3) is 2.56. The largest absolute Gasteiger partial charge is 0.388 e. The van der Waals surface area contributed by atoms with Crippen molar-refractivity contribution in [3.63, 3.8) is 0 Å². The van der Waals surface area contributed by atoms with E-state index in [1.165, 1.54) is 4.68 Å². The maximum Gasteiger partial charge on any atom is 0.334 e. The molecule has 1 aliphatic carbocycles. The molecule has 0 aromatic carbocycles. The molecule has 1 aromatic heterocycles. The van der Waals surface area contributed by atoms with E-state index in [4.69, 9.17) is 0 Å². The van der Waals surface area contributed by atoms with Gasteiger partial charge in [0.05, 0.1) is 10.5 Å². The lowest BCUT2D eigenvalue weighted by atomic mass is 9.80. The van der Waals surface area contributed by atoms with Crippen molar-refractivity contribution in [3.8, 4) is 0 Å². The van der Waals surface area contributed by atoms with E-state index >= 15 is 0 Å². The molecule has 1 heterocycles. The monoisotopic (exact) mass is 268 g/mol. The summed E-state index contributed by atoms with van der Waals surface area (Å²) in [6.45, 7) is 4.07. The predicted octanol–water partition coefficient (Wildman–Crippen LogP) is 1.78. The maximum absolute atomic E-state index is 11.2. The Hall–Kier alpha value is -1.63. The topological polar surface area (TPSA) is 93.2 Å². The molecule has 1 aromatic rings. The molecule has 2 rings (SSSR count). The van der Waals surface area contributed by atoms with Crippen LogP contribution in [0.25, 0.3) is 0 Å². The Kier molecular flexibility index (Phi) is 3.49. The highest BCUT2D eigenvalue weighted by Gasteiger charge is 2.36. The van der Waals surface area contributed by atoms with Gasteiger partial charge in [-0.3, -0.25) is 10.1 Å². The first-order valence-electron chi connectivity index (χ1n) is 6.51. The van der Waals surface area contributed by atoms with E-state index < -0.39 is 10.5 Å². The second kappa shape index (κ2) is 4.80. The number of aromatic nitrogens is 2. The molecule has 1 saturated carbocycles. The van der Waals surface area contributed by atoms with Crippen molar-refractivity contribution in [2.75, 3.05) is 11.9 Å². The van der Waals surface area contributed by atoms with Crippen LogP contribution in [-0.2, 0) is 7.05 Å². The zero-order valence-electron chi connectivity index (χ0n) is 11.5. The van der Waals surface area contributed by atoms with Crippen LogP contribution in [-0.4, -0.2) is 32.0 Å². The Balaban J connectivity index is 2.25. The lowest BCUT2D eigenvalue weighted by Gasteiger charge is -2.36. The van der Waals surface area contributed by atoms with Gasteiger partial charge >= 0.3 is 5.69 Å². The standard InChI is InChI=1S/C12H20N4O3/c1-8(2)9-10(16(18)19)11(15(3)14-9)13-7-12(17)5-4-6-12/h8,13,17H,4-7H2,1-3H3. The highest BCUT2D eigenvalue weighted by Crippen LogP contribution is 2.35. The van der Waals surface area contributed by atoms with Crippen molar-refractivity contribution in [1.29, 1.82) is 0 Å². The first kappa shape index (κ1) is 13.8. The van der Waals surface area contributed by atoms with Gasteiger partial charge in [-0.05, 0) is 19.3 Å². The first-order valence-corrected chi connectivity index (χ1v) is 6.51. The summed E-state index contributed by atoms with van der Waals surface area (Å²) < 4.78 is 1.48. The molecule has 2 N–H and O–H groups in total. The molecule has 106 valence electrons. The number of hydrogen-bond donors (Lipinski definition) is 2. The smallest absolute Gasteiger partial charge is 0.334 e. The number of aryl methyl sites for hydroxylation is 1. The summed E-state index contributed by atoms with van der Waals surface area (Å²) in [5.74, 6) is 0.350. The van der Waals surface area contributed by atoms with Crippen LogP contribution in [0.5, 0.6) is 0 Å². The van der Waals surface area contributed by atoms with Gasteiger partial charge in [-0.15, -0.1) is 0 Å². The lowest BCUT2D eigenvalue weighted by Crippen LogP contribution is -2.43. The summed E-state index contributed by atoms with van der Waals surface area (Å²) in [5.41, 5.74) is -0.244. The maximum atomic E-state index is 11.2. The normalized spacial score (nSPS) is 17.3. The summed E-state index contributed by atoms with van der Waals surface area (Å²) in [4.78, 5) is 10.8. The van der Waals surface area contributed by atoms with E-state index in [9.17, 15) is 15.2 Å². The Morgan fingerprint density at radius 2 is 2.21 bits per heavy atom. The van der Waals surface area contributed by atoms with E-state index in [1.807, 2.05) is 13.8 Å². The number of nitrogens with one attached hydrogen (secondary N) is 1. The molecule has 0 radical (unpaired) electrons. The van der Waals surface area contributed by atoms with Gasteiger partial charge in [0.15, 0.2) is 0 Å². The minimum atomic E-state index is -0.726. The zero-order valence-corrected chi connectivity index (χ0v) is 11.5. The molecule has 0 saturated heterocycles. The Bertz CT molecular complexity index is 491. The number of hydrogen-bond acceptors (Lipinski definition) is 5. The molecule has 0 amide bonds. The van der Waals surface area contributed by atoms with Crippen LogP contribution in [0.3, 0.4) is 0 Å². The second-order valence-corrected chi connectivity index (χ2v) is 5.55. The predicted molar refractivity (Wildman–Crippen MR) is 71.2 cm³/mol. The molecular weight excluding hydrogens is 248 g/mol. The summed E-state index contributed by atoms with van der Waals surface area (Å²) >= 11 is 0. The SMILES string of the molecule is CC(C)c1nn(C)c(NCC2(O)CCC2)c1[N+](=O)[O-]. The average Bonchev–Trinajstić information content (AvgIpc) is 2.61. The van der Waals surface area contributed by atoms with Gasteiger partial charge in [0.1, 0.15) is 5.69 Å². The van der Waals surface area contributed by atoms with Crippen molar-refractivity contribution in [1.82, 2.24) is 9.78 Å². The summed E-state index contributed by atoms with van der Waals surface area (Å²) in [7, 11) is 1.67. The van der Waals surface area contributed by atoms with E-state index in [0.717, 1.165) is 19.3 Å². The van der Waals surface area contributed by atoms with Crippen LogP contribution >= 0.6 is 0 Å². The molecule has 0 bridgehead atoms. The third-order valence-electron chi connectivity index (χ3n) is 3.65. The molecule has 1 aliphatic rings. The second-order valence-electron chi connectivity index (χ2n) is 5.55. The molecule has 0 unspecified atom stereocenters. The number of rotatable bonds is 5. The van der Waals surface area contributed by atoms with Gasteiger partial charge < -0.3 is 10.4 Å². The molecule has 0 atom stereocenters. The van der Waals surface area contributed by atoms with Gasteiger partial charge in [-0.2, -0.15) is 5.10 Å². The lowest BCUT2D eigenvalue weighted by molar-refractivity contribution is -0.384. The fourth-order valence-electron chi connectivity index (χ4n) is 2.31. The van der Waals surface area contributed by atoms with Crippen LogP contribution in [0.1, 0.15) is 44.7 Å². The quantitative estimate of drug-likeness (QED) is 0.627. The van der Waals surface area contributed by atoms with Crippen molar-refractivity contribution < 1.29 is 10.0 Å². The minimum absolute atomic E-state index is 0.0143. The Labute approximate surface area is 111 Å². The van der Waals surface area contributed by atoms with Crippen molar-refractivity contribution >= 4 is 11.5 Å². The van der Waals surface area contributed by atoms with E-state index in [1.54, 1.807) is 7.05 Å². The van der Waals surface area contributed by atoms with E-state index in [0.29, 0.717) is 18.1 Å². The Morgan fingerprint density at radius 1 is 1.58 bits per heavy atom. The highest BCUT2D eigenvalue weighted by molar-refractivity contribution is 5.60. The first-order chi connectivity index (χ1) is 8.84. The molecular formula is C12H20N4O3. The van der Waals surface area contributed by atoms with Crippen molar-refractivity contribution in [2.45, 2.75) is 44.6 Å². The summed E-state index contributed by atoms with van der Waals surface area (Å²) in [5, 5.41) is 28.5. The van der Waals surface area contributed by atoms with Gasteiger partial charge in [0.2, 0.25) is 5.82 Å².